The fourth-order valence-electron chi connectivity index (χ4n) is 3.02. The minimum Gasteiger partial charge on any atom is -0.356 e. The number of benzene rings is 4. The maximum Gasteiger partial charge on any atom is 0.193 e. The highest BCUT2D eigenvalue weighted by Gasteiger charge is 2.07. The van der Waals surface area contributed by atoms with Crippen LogP contribution in [0.25, 0.3) is 0 Å². The Morgan fingerprint density at radius 3 is 1.00 bits per heavy atom. The Labute approximate surface area is 185 Å². The number of carbonyl (C=O) groups is 1. The van der Waals surface area contributed by atoms with Gasteiger partial charge in [0.2, 0.25) is 0 Å². The third-order valence-corrected chi connectivity index (χ3v) is 5.02. The monoisotopic (exact) mass is 407 g/mol. The number of ketones is 1. The molecular weight excluding hydrogens is 378 g/mol. The van der Waals surface area contributed by atoms with Crippen LogP contribution in [0.15, 0.2) is 97.1 Å². The average molecular weight is 408 g/mol. The van der Waals surface area contributed by atoms with Gasteiger partial charge in [0.15, 0.2) is 5.78 Å². The Kier molecular flexibility index (Phi) is 7.40. The summed E-state index contributed by atoms with van der Waals surface area (Å²) >= 11 is 0. The zero-order valence-electron chi connectivity index (χ0n) is 18.6. The van der Waals surface area contributed by atoms with Crippen LogP contribution in [0.4, 0.5) is 11.4 Å². The Morgan fingerprint density at radius 2 is 0.710 bits per heavy atom. The van der Waals surface area contributed by atoms with E-state index in [1.165, 1.54) is 22.3 Å². The van der Waals surface area contributed by atoms with Crippen LogP contribution in [0.3, 0.4) is 0 Å². The van der Waals surface area contributed by atoms with E-state index < -0.39 is 0 Å². The van der Waals surface area contributed by atoms with Gasteiger partial charge in [0.05, 0.1) is 0 Å². The van der Waals surface area contributed by atoms with Gasteiger partial charge in [-0.05, 0) is 52.0 Å². The van der Waals surface area contributed by atoms with Gasteiger partial charge < -0.3 is 5.32 Å². The van der Waals surface area contributed by atoms with Crippen LogP contribution in [0.1, 0.15) is 38.2 Å². The summed E-state index contributed by atoms with van der Waals surface area (Å²) in [6.45, 7) is 8.21. The summed E-state index contributed by atoms with van der Waals surface area (Å²) in [6, 6.07) is 32.1. The van der Waals surface area contributed by atoms with Gasteiger partial charge in [-0.1, -0.05) is 95.1 Å². The lowest BCUT2D eigenvalue weighted by Gasteiger charge is -2.06. The van der Waals surface area contributed by atoms with Gasteiger partial charge in [-0.2, -0.15) is 0 Å². The molecule has 2 nitrogen and oxygen atoms in total. The third kappa shape index (κ3) is 6.68. The zero-order valence-corrected chi connectivity index (χ0v) is 18.6. The molecule has 4 aromatic carbocycles. The van der Waals surface area contributed by atoms with E-state index in [0.717, 1.165) is 22.5 Å². The van der Waals surface area contributed by atoms with Crippen LogP contribution in [-0.2, 0) is 0 Å². The quantitative estimate of drug-likeness (QED) is 0.353. The average Bonchev–Trinajstić information content (AvgIpc) is 2.78. The van der Waals surface area contributed by atoms with Crippen LogP contribution in [-0.4, -0.2) is 5.78 Å². The van der Waals surface area contributed by atoms with Gasteiger partial charge in [-0.25, -0.2) is 0 Å². The minimum atomic E-state index is 0.0833. The topological polar surface area (TPSA) is 29.1 Å². The number of hydrogen-bond donors (Lipinski definition) is 1. The minimum absolute atomic E-state index is 0.0833. The molecule has 0 aliphatic rings. The summed E-state index contributed by atoms with van der Waals surface area (Å²) in [5.41, 5.74) is 8.65. The Hall–Kier alpha value is -3.65. The van der Waals surface area contributed by atoms with E-state index in [-0.39, 0.29) is 5.78 Å². The van der Waals surface area contributed by atoms with E-state index in [0.29, 0.717) is 0 Å². The van der Waals surface area contributed by atoms with Gasteiger partial charge >= 0.3 is 0 Å². The van der Waals surface area contributed by atoms with Crippen molar-refractivity contribution in [2.75, 3.05) is 5.32 Å². The second-order valence-corrected chi connectivity index (χ2v) is 7.92. The standard InChI is InChI=1S/C15H14O.C14H15N/c1-11-3-7-13(8-4-11)15(16)14-9-5-12(2)6-10-14;1-11-3-7-13(8-4-11)15-14-9-5-12(2)6-10-14/h3-10H,1-2H3;3-10,15H,1-2H3. The molecule has 0 amide bonds. The molecule has 0 unspecified atom stereocenters. The summed E-state index contributed by atoms with van der Waals surface area (Å²) in [4.78, 5) is 12.1. The SMILES string of the molecule is Cc1ccc(C(=O)c2ccc(C)cc2)cc1.Cc1ccc(Nc2ccc(C)cc2)cc1. The second kappa shape index (κ2) is 10.4. The lowest BCUT2D eigenvalue weighted by atomic mass is 10.0. The Bertz CT molecular complexity index is 1020. The first-order valence-corrected chi connectivity index (χ1v) is 10.5. The molecule has 2 heteroatoms. The molecule has 1 N–H and O–H groups in total. The molecule has 0 saturated carbocycles. The molecule has 0 bridgehead atoms. The number of carbonyl (C=O) groups excluding carboxylic acids is 1. The fraction of sp³-hybridized carbons (Fsp3) is 0.138. The van der Waals surface area contributed by atoms with Crippen molar-refractivity contribution in [3.63, 3.8) is 0 Å². The summed E-state index contributed by atoms with van der Waals surface area (Å²) in [7, 11) is 0. The highest BCUT2D eigenvalue weighted by Crippen LogP contribution is 2.17. The first-order chi connectivity index (χ1) is 14.9. The van der Waals surface area contributed by atoms with Crippen molar-refractivity contribution in [2.24, 2.45) is 0 Å². The molecule has 0 aliphatic heterocycles. The van der Waals surface area contributed by atoms with E-state index in [2.05, 4.69) is 67.7 Å². The Morgan fingerprint density at radius 1 is 0.452 bits per heavy atom. The number of nitrogens with one attached hydrogen (secondary N) is 1. The van der Waals surface area contributed by atoms with Crippen LogP contribution in [0.5, 0.6) is 0 Å². The van der Waals surface area contributed by atoms with Gasteiger partial charge in [-0.3, -0.25) is 4.79 Å². The highest BCUT2D eigenvalue weighted by molar-refractivity contribution is 6.08. The van der Waals surface area contributed by atoms with Gasteiger partial charge in [0, 0.05) is 22.5 Å². The van der Waals surface area contributed by atoms with Crippen molar-refractivity contribution in [3.8, 4) is 0 Å². The zero-order chi connectivity index (χ0) is 22.2. The summed E-state index contributed by atoms with van der Waals surface area (Å²) < 4.78 is 0. The molecule has 0 radical (unpaired) electrons. The van der Waals surface area contributed by atoms with Crippen molar-refractivity contribution >= 4 is 17.2 Å². The molecule has 0 spiro atoms. The van der Waals surface area contributed by atoms with Crippen molar-refractivity contribution in [3.05, 3.63) is 130 Å². The fourth-order valence-corrected chi connectivity index (χ4v) is 3.02. The molecule has 4 rings (SSSR count). The summed E-state index contributed by atoms with van der Waals surface area (Å²) in [5.74, 6) is 0.0833. The molecule has 0 heterocycles. The van der Waals surface area contributed by atoms with Crippen LogP contribution >= 0.6 is 0 Å². The smallest absolute Gasteiger partial charge is 0.193 e. The van der Waals surface area contributed by atoms with Crippen LogP contribution in [0, 0.1) is 27.7 Å². The number of hydrogen-bond acceptors (Lipinski definition) is 2. The number of anilines is 2. The maximum atomic E-state index is 12.1. The lowest BCUT2D eigenvalue weighted by Crippen LogP contribution is -2.00. The maximum absolute atomic E-state index is 12.1. The van der Waals surface area contributed by atoms with E-state index in [9.17, 15) is 4.79 Å². The predicted octanol–water partition coefficient (Wildman–Crippen LogP) is 7.58. The first kappa shape index (κ1) is 22.0. The van der Waals surface area contributed by atoms with Crippen LogP contribution in [0.2, 0.25) is 0 Å². The number of aryl methyl sites for hydroxylation is 4. The molecule has 0 aliphatic carbocycles. The highest BCUT2D eigenvalue weighted by atomic mass is 16.1. The molecular formula is C29H29NO. The normalized spacial score (nSPS) is 10.1. The van der Waals surface area contributed by atoms with E-state index in [4.69, 9.17) is 0 Å². The summed E-state index contributed by atoms with van der Waals surface area (Å²) in [6.07, 6.45) is 0. The first-order valence-electron chi connectivity index (χ1n) is 10.5. The molecule has 4 aromatic rings. The molecule has 0 fully saturated rings. The van der Waals surface area contributed by atoms with E-state index in [1.807, 2.05) is 62.4 Å². The summed E-state index contributed by atoms with van der Waals surface area (Å²) in [5, 5.41) is 3.36. The van der Waals surface area contributed by atoms with Crippen molar-refractivity contribution in [1.29, 1.82) is 0 Å². The second-order valence-electron chi connectivity index (χ2n) is 7.92. The molecule has 0 saturated heterocycles. The lowest BCUT2D eigenvalue weighted by molar-refractivity contribution is 0.103. The predicted molar refractivity (Wildman–Crippen MR) is 131 cm³/mol. The van der Waals surface area contributed by atoms with E-state index in [1.54, 1.807) is 0 Å². The molecule has 156 valence electrons. The molecule has 0 aromatic heterocycles. The van der Waals surface area contributed by atoms with Gasteiger partial charge in [0.1, 0.15) is 0 Å². The molecule has 0 atom stereocenters. The van der Waals surface area contributed by atoms with Crippen molar-refractivity contribution in [1.82, 2.24) is 0 Å². The molecule has 31 heavy (non-hydrogen) atoms. The third-order valence-electron chi connectivity index (χ3n) is 5.02. The largest absolute Gasteiger partial charge is 0.356 e. The van der Waals surface area contributed by atoms with E-state index >= 15 is 0 Å². The number of rotatable bonds is 4. The van der Waals surface area contributed by atoms with Crippen molar-refractivity contribution < 1.29 is 4.79 Å². The van der Waals surface area contributed by atoms with Crippen molar-refractivity contribution in [2.45, 2.75) is 27.7 Å². The van der Waals surface area contributed by atoms with Gasteiger partial charge in [0.25, 0.3) is 0 Å². The Balaban J connectivity index is 0.000000176. The van der Waals surface area contributed by atoms with Gasteiger partial charge in [-0.15, -0.1) is 0 Å². The van der Waals surface area contributed by atoms with Crippen LogP contribution < -0.4 is 5.32 Å².